The maximum Gasteiger partial charge on any atom is 0.338 e. The summed E-state index contributed by atoms with van der Waals surface area (Å²) in [5.41, 5.74) is 9.85. The number of azide groups is 1. The van der Waals surface area contributed by atoms with Crippen LogP contribution in [-0.4, -0.2) is 128 Å². The molecule has 2 fully saturated rings. The van der Waals surface area contributed by atoms with Crippen molar-refractivity contribution in [3.8, 4) is 0 Å². The van der Waals surface area contributed by atoms with E-state index in [2.05, 4.69) is 10.0 Å². The topological polar surface area (TPSA) is 233 Å². The smallest absolute Gasteiger partial charge is 0.338 e. The van der Waals surface area contributed by atoms with E-state index in [-0.39, 0.29) is 51.7 Å². The van der Waals surface area contributed by atoms with Gasteiger partial charge in [0.15, 0.2) is 18.5 Å². The van der Waals surface area contributed by atoms with Crippen LogP contribution in [0.4, 0.5) is 0 Å². The van der Waals surface area contributed by atoms with Crippen molar-refractivity contribution in [2.75, 3.05) is 33.0 Å². The molecule has 0 bridgehead atoms. The van der Waals surface area contributed by atoms with Gasteiger partial charge in [-0.1, -0.05) is 93.3 Å². The summed E-state index contributed by atoms with van der Waals surface area (Å²) in [5.74, 6) is -3.67. The zero-order valence-corrected chi connectivity index (χ0v) is 36.3. The monoisotopic (exact) mass is 888 g/mol. The number of ether oxygens (including phenoxy) is 10. The number of alkyl halides is 3. The van der Waals surface area contributed by atoms with Gasteiger partial charge in [0.25, 0.3) is 3.79 Å². The summed E-state index contributed by atoms with van der Waals surface area (Å²) in [4.78, 5) is 54.1. The van der Waals surface area contributed by atoms with E-state index in [4.69, 9.17) is 87.6 Å². The molecule has 0 aliphatic carbocycles. The number of nitrogens with zero attached hydrogens (tertiary/aromatic N) is 3. The molecule has 58 heavy (non-hydrogen) atoms. The molecule has 0 saturated carbocycles. The predicted molar refractivity (Wildman–Crippen MR) is 210 cm³/mol. The molecule has 332 valence electrons. The predicted octanol–water partition coefficient (Wildman–Crippen LogP) is 6.61. The highest BCUT2D eigenvalue weighted by Crippen LogP contribution is 2.37. The van der Waals surface area contributed by atoms with Gasteiger partial charge in [-0.15, -0.1) is 0 Å². The Labute approximate surface area is 354 Å². The van der Waals surface area contributed by atoms with Gasteiger partial charge >= 0.3 is 17.9 Å². The molecule has 10 atom stereocenters. The molecule has 0 spiro atoms. The first kappa shape index (κ1) is 51.6. The lowest BCUT2D eigenvalue weighted by molar-refractivity contribution is -0.341. The fraction of sp³-hybridized carbons (Fsp3) is 0.865. The van der Waals surface area contributed by atoms with Gasteiger partial charge in [0.2, 0.25) is 12.2 Å². The molecule has 0 amide bonds. The third-order valence-electron chi connectivity index (χ3n) is 8.88. The molecule has 0 aromatic heterocycles. The molecule has 2 rings (SSSR count). The summed E-state index contributed by atoms with van der Waals surface area (Å²) >= 11 is 17.9. The number of nitrogens with one attached hydrogen (secondary N) is 1. The molecule has 21 heteroatoms. The van der Waals surface area contributed by atoms with Crippen molar-refractivity contribution in [3.05, 3.63) is 10.4 Å². The molecule has 2 aliphatic rings. The van der Waals surface area contributed by atoms with E-state index >= 15 is 0 Å². The zero-order valence-electron chi connectivity index (χ0n) is 34.1. The Morgan fingerprint density at radius 2 is 1.29 bits per heavy atom. The summed E-state index contributed by atoms with van der Waals surface area (Å²) in [7, 11) is 0. The first-order valence-corrected chi connectivity index (χ1v) is 20.9. The van der Waals surface area contributed by atoms with Crippen LogP contribution in [0.25, 0.3) is 10.4 Å². The molecular formula is C37H59Cl3N4O14. The van der Waals surface area contributed by atoms with Crippen molar-refractivity contribution >= 4 is 64.4 Å². The van der Waals surface area contributed by atoms with E-state index in [0.717, 1.165) is 12.8 Å². The number of ketones is 1. The van der Waals surface area contributed by atoms with Crippen LogP contribution < -0.4 is 0 Å². The fourth-order valence-electron chi connectivity index (χ4n) is 5.79. The van der Waals surface area contributed by atoms with Crippen LogP contribution in [0.5, 0.6) is 0 Å². The summed E-state index contributed by atoms with van der Waals surface area (Å²) < 4.78 is 58.0. The number of carbonyl (C=O) groups is 4. The highest BCUT2D eigenvalue weighted by molar-refractivity contribution is 6.76. The van der Waals surface area contributed by atoms with Gasteiger partial charge in [-0.25, -0.2) is 4.79 Å². The van der Waals surface area contributed by atoms with E-state index in [1.165, 1.54) is 13.8 Å². The van der Waals surface area contributed by atoms with E-state index in [0.29, 0.717) is 38.5 Å². The van der Waals surface area contributed by atoms with Gasteiger partial charge in [0.1, 0.15) is 42.8 Å². The van der Waals surface area contributed by atoms with Gasteiger partial charge < -0.3 is 52.2 Å². The van der Waals surface area contributed by atoms with Gasteiger partial charge in [-0.05, 0) is 38.1 Å². The number of esters is 3. The Bertz CT molecular complexity index is 1350. The number of Topliss-reactive ketones (excluding diaryl/α,β-unsaturated/α-hetero) is 1. The summed E-state index contributed by atoms with van der Waals surface area (Å²) in [6, 6.07) is -1.28. The third kappa shape index (κ3) is 17.2. The lowest BCUT2D eigenvalue weighted by atomic mass is 9.95. The van der Waals surface area contributed by atoms with Crippen molar-refractivity contribution in [3.63, 3.8) is 0 Å². The zero-order chi connectivity index (χ0) is 43.3. The average molecular weight is 890 g/mol. The van der Waals surface area contributed by atoms with E-state index < -0.39 is 88.9 Å². The van der Waals surface area contributed by atoms with Gasteiger partial charge in [0, 0.05) is 38.1 Å². The van der Waals surface area contributed by atoms with Crippen LogP contribution in [0, 0.1) is 5.41 Å². The second-order valence-corrected chi connectivity index (χ2v) is 16.0. The largest absolute Gasteiger partial charge is 0.464 e. The number of halogens is 3. The van der Waals surface area contributed by atoms with Gasteiger partial charge in [-0.2, -0.15) is 0 Å². The lowest BCUT2D eigenvalue weighted by Gasteiger charge is -2.48. The Hall–Kier alpha value is -2.51. The minimum absolute atomic E-state index is 0.0158. The van der Waals surface area contributed by atoms with Crippen LogP contribution in [-0.2, 0) is 66.5 Å². The minimum atomic E-state index is -2.41. The molecule has 3 unspecified atom stereocenters. The van der Waals surface area contributed by atoms with E-state index in [1.54, 1.807) is 0 Å². The quantitative estimate of drug-likeness (QED) is 0.0111. The van der Waals surface area contributed by atoms with Crippen LogP contribution in [0.1, 0.15) is 106 Å². The van der Waals surface area contributed by atoms with Crippen molar-refractivity contribution < 1.29 is 66.5 Å². The van der Waals surface area contributed by atoms with Crippen LogP contribution in [0.3, 0.4) is 0 Å². The molecule has 18 nitrogen and oxygen atoms in total. The molecule has 2 saturated heterocycles. The van der Waals surface area contributed by atoms with Crippen molar-refractivity contribution in [2.24, 2.45) is 5.11 Å². The molecule has 1 N–H and O–H groups in total. The molecule has 0 radical (unpaired) electrons. The number of hydrogen-bond donors (Lipinski definition) is 1. The van der Waals surface area contributed by atoms with Gasteiger partial charge in [0.05, 0.1) is 19.1 Å². The molecule has 2 aliphatic heterocycles. The summed E-state index contributed by atoms with van der Waals surface area (Å²) in [6.07, 6.45) is -8.05. The minimum Gasteiger partial charge on any atom is -0.464 e. The number of carbonyl (C=O) groups excluding carboxylic acids is 4. The van der Waals surface area contributed by atoms with Crippen molar-refractivity contribution in [1.29, 1.82) is 5.41 Å². The lowest BCUT2D eigenvalue weighted by Crippen LogP contribution is -2.67. The number of hydrogen-bond acceptors (Lipinski definition) is 16. The van der Waals surface area contributed by atoms with Crippen LogP contribution in [0.15, 0.2) is 5.11 Å². The van der Waals surface area contributed by atoms with Gasteiger partial charge in [-0.3, -0.25) is 15.0 Å². The second-order valence-electron chi connectivity index (χ2n) is 13.8. The standard InChI is InChI=1S/C37H59Cl3N4O14/c1-7-11-17-49-27-24(21-53-23(6)46)54-34(26(43-44-42)28(27)50-18-12-8-2)56-30-29(51-19-13-9-3)32(55-25(47)16-15-22(5)45)35(58-36(41)37(38,39)40)57-31(30)33(48)52-20-14-10-4/h24,26-32,34-35,41H,7-21H2,1-6H3/t24-,26?,27+,28?,29-,30-,31+,32?,34+,35+/m0/s1. The first-order valence-electron chi connectivity index (χ1n) is 19.8. The highest BCUT2D eigenvalue weighted by Gasteiger charge is 2.57. The summed E-state index contributed by atoms with van der Waals surface area (Å²) in [5, 5.41) is 12.3. The number of unbranched alkanes of at least 4 members (excludes halogenated alkanes) is 4. The Morgan fingerprint density at radius 3 is 1.83 bits per heavy atom. The van der Waals surface area contributed by atoms with Crippen LogP contribution in [0.2, 0.25) is 0 Å². The summed E-state index contributed by atoms with van der Waals surface area (Å²) in [6.45, 7) is 10.5. The van der Waals surface area contributed by atoms with E-state index in [9.17, 15) is 24.7 Å². The fourth-order valence-corrected chi connectivity index (χ4v) is 5.92. The normalized spacial score (nSPS) is 27.2. The van der Waals surface area contributed by atoms with Crippen molar-refractivity contribution in [2.45, 2.75) is 171 Å². The molecule has 0 aromatic rings. The van der Waals surface area contributed by atoms with E-state index in [1.807, 2.05) is 27.7 Å². The third-order valence-corrected chi connectivity index (χ3v) is 9.39. The maximum absolute atomic E-state index is 14.0. The Balaban J connectivity index is 2.82. The second kappa shape index (κ2) is 27.4. The Morgan fingerprint density at radius 1 is 0.724 bits per heavy atom. The molecule has 0 aromatic carbocycles. The maximum atomic E-state index is 14.0. The number of rotatable bonds is 26. The molecule has 2 heterocycles. The average Bonchev–Trinajstić information content (AvgIpc) is 3.16. The van der Waals surface area contributed by atoms with Crippen molar-refractivity contribution in [1.82, 2.24) is 0 Å². The van der Waals surface area contributed by atoms with Crippen LogP contribution >= 0.6 is 34.8 Å². The SMILES string of the molecule is CCCCOC(=O)[C@@H]1O[C@H](OC(=N)C(Cl)(Cl)Cl)C(OC(=O)CCC(C)=O)[C@@H](OCCCC)[C@@H]1O[C@H]1O[C@@H](COC(C)=O)[C@@H](OCCCC)C(OCCCC)C1N=[N+]=[N-]. The Kier molecular flexibility index (Phi) is 24.4. The highest BCUT2D eigenvalue weighted by atomic mass is 35.6. The molecular weight excluding hydrogens is 831 g/mol. The first-order chi connectivity index (χ1) is 27.6.